The zero-order valence-corrected chi connectivity index (χ0v) is 15.3. The molecule has 1 aliphatic rings. The predicted octanol–water partition coefficient (Wildman–Crippen LogP) is 3.10. The number of benzene rings is 1. The van der Waals surface area contributed by atoms with Gasteiger partial charge in [-0.1, -0.05) is 40.5 Å². The number of nitrogens with zero attached hydrogens (tertiary/aromatic N) is 4. The first-order chi connectivity index (χ1) is 11.6. The lowest BCUT2D eigenvalue weighted by atomic mass is 10.2. The van der Waals surface area contributed by atoms with Gasteiger partial charge in [0.25, 0.3) is 0 Å². The van der Waals surface area contributed by atoms with E-state index in [4.69, 9.17) is 0 Å². The molecule has 2 aromatic rings. The van der Waals surface area contributed by atoms with Crippen LogP contribution in [0.2, 0.25) is 0 Å². The molecule has 1 heterocycles. The highest BCUT2D eigenvalue weighted by Crippen LogP contribution is 2.31. The molecule has 1 N–H and O–H groups in total. The van der Waals surface area contributed by atoms with Crippen LogP contribution in [0.15, 0.2) is 27.8 Å². The first-order valence-corrected chi connectivity index (χ1v) is 9.52. The maximum Gasteiger partial charge on any atom is 0.230 e. The number of hydrogen-bond acceptors (Lipinski definition) is 5. The third kappa shape index (κ3) is 4.32. The van der Waals surface area contributed by atoms with Crippen LogP contribution in [0.4, 0.5) is 4.39 Å². The average molecular weight is 414 g/mol. The molecular weight excluding hydrogens is 397 g/mol. The Morgan fingerprint density at radius 1 is 1.42 bits per heavy atom. The van der Waals surface area contributed by atoms with Crippen LogP contribution in [0, 0.1) is 5.82 Å². The van der Waals surface area contributed by atoms with Crippen LogP contribution < -0.4 is 5.32 Å². The van der Waals surface area contributed by atoms with Gasteiger partial charge in [0.05, 0.1) is 11.8 Å². The average Bonchev–Trinajstić information content (AvgIpc) is 3.24. The van der Waals surface area contributed by atoms with Crippen molar-refractivity contribution >= 4 is 33.6 Å². The monoisotopic (exact) mass is 413 g/mol. The minimum Gasteiger partial charge on any atom is -0.351 e. The lowest BCUT2D eigenvalue weighted by molar-refractivity contribution is -0.118. The van der Waals surface area contributed by atoms with E-state index in [0.29, 0.717) is 16.8 Å². The molecule has 6 nitrogen and oxygen atoms in total. The van der Waals surface area contributed by atoms with E-state index in [0.717, 1.165) is 17.3 Å². The number of amides is 1. The number of carbonyl (C=O) groups is 1. The van der Waals surface area contributed by atoms with Gasteiger partial charge in [-0.2, -0.15) is 0 Å². The minimum absolute atomic E-state index is 0.142. The van der Waals surface area contributed by atoms with Crippen LogP contribution >= 0.6 is 27.7 Å². The number of rotatable bonds is 6. The van der Waals surface area contributed by atoms with Crippen LogP contribution in [0.3, 0.4) is 0 Å². The van der Waals surface area contributed by atoms with Gasteiger partial charge in [-0.25, -0.2) is 9.07 Å². The lowest BCUT2D eigenvalue weighted by Gasteiger charge is -2.11. The summed E-state index contributed by atoms with van der Waals surface area (Å²) in [6.07, 6.45) is 4.55. The molecule has 1 aromatic carbocycles. The van der Waals surface area contributed by atoms with E-state index >= 15 is 0 Å². The van der Waals surface area contributed by atoms with E-state index in [1.54, 1.807) is 6.07 Å². The fourth-order valence-electron chi connectivity index (χ4n) is 2.71. The molecule has 24 heavy (non-hydrogen) atoms. The van der Waals surface area contributed by atoms with Crippen molar-refractivity contribution < 1.29 is 9.18 Å². The molecule has 0 bridgehead atoms. The quantitative estimate of drug-likeness (QED) is 0.736. The summed E-state index contributed by atoms with van der Waals surface area (Å²) in [6.45, 7) is 0.269. The van der Waals surface area contributed by atoms with E-state index in [2.05, 4.69) is 36.8 Å². The van der Waals surface area contributed by atoms with Crippen LogP contribution in [-0.2, 0) is 11.3 Å². The van der Waals surface area contributed by atoms with Crippen molar-refractivity contribution in [1.82, 2.24) is 25.5 Å². The summed E-state index contributed by atoms with van der Waals surface area (Å²) in [7, 11) is 0. The van der Waals surface area contributed by atoms with E-state index in [1.807, 2.05) is 4.68 Å². The normalized spacial score (nSPS) is 14.9. The zero-order valence-electron chi connectivity index (χ0n) is 12.9. The number of nitrogens with one attached hydrogen (secondary N) is 1. The van der Waals surface area contributed by atoms with Gasteiger partial charge in [0.1, 0.15) is 5.82 Å². The zero-order chi connectivity index (χ0) is 16.9. The maximum absolute atomic E-state index is 13.2. The summed E-state index contributed by atoms with van der Waals surface area (Å²) in [5.74, 6) is -0.246. The Hall–Kier alpha value is -1.48. The third-order valence-electron chi connectivity index (χ3n) is 3.95. The Balaban J connectivity index is 1.51. The molecule has 1 amide bonds. The van der Waals surface area contributed by atoms with Gasteiger partial charge in [-0.05, 0) is 47.0 Å². The van der Waals surface area contributed by atoms with Crippen molar-refractivity contribution in [2.45, 2.75) is 43.4 Å². The first kappa shape index (κ1) is 17.3. The molecule has 0 aliphatic heterocycles. The first-order valence-electron chi connectivity index (χ1n) is 7.75. The third-order valence-corrected chi connectivity index (χ3v) is 5.66. The molecule has 1 aliphatic carbocycles. The SMILES string of the molecule is O=C(CSc1nnnn1C1CCCC1)NCc1cc(F)ccc1Br. The van der Waals surface area contributed by atoms with Crippen molar-refractivity contribution in [1.29, 1.82) is 0 Å². The van der Waals surface area contributed by atoms with E-state index < -0.39 is 0 Å². The van der Waals surface area contributed by atoms with Gasteiger partial charge >= 0.3 is 0 Å². The molecule has 0 atom stereocenters. The fraction of sp³-hybridized carbons (Fsp3) is 0.467. The van der Waals surface area contributed by atoms with Crippen molar-refractivity contribution in [2.75, 3.05) is 5.75 Å². The summed E-state index contributed by atoms with van der Waals surface area (Å²) in [4.78, 5) is 12.0. The number of halogens is 2. The molecule has 1 aromatic heterocycles. The minimum atomic E-state index is -0.326. The molecule has 128 valence electrons. The second-order valence-electron chi connectivity index (χ2n) is 5.65. The van der Waals surface area contributed by atoms with Gasteiger partial charge in [-0.15, -0.1) is 5.10 Å². The molecule has 9 heteroatoms. The standard InChI is InChI=1S/C15H17BrFN5OS/c16-13-6-5-11(17)7-10(13)8-18-14(23)9-24-15-19-20-21-22(15)12-3-1-2-4-12/h5-7,12H,1-4,8-9H2,(H,18,23). The molecule has 0 saturated heterocycles. The van der Waals surface area contributed by atoms with Crippen molar-refractivity contribution in [2.24, 2.45) is 0 Å². The number of carbonyl (C=O) groups excluding carboxylic acids is 1. The summed E-state index contributed by atoms with van der Waals surface area (Å²) in [5, 5.41) is 15.2. The smallest absolute Gasteiger partial charge is 0.230 e. The second kappa shape index (κ2) is 8.06. The highest BCUT2D eigenvalue weighted by atomic mass is 79.9. The van der Waals surface area contributed by atoms with Gasteiger partial charge in [-0.3, -0.25) is 4.79 Å². The van der Waals surface area contributed by atoms with Crippen molar-refractivity contribution in [3.63, 3.8) is 0 Å². The van der Waals surface area contributed by atoms with Gasteiger partial charge in [0, 0.05) is 11.0 Å². The number of tetrazole rings is 1. The van der Waals surface area contributed by atoms with E-state index in [1.165, 1.54) is 36.7 Å². The molecule has 1 saturated carbocycles. The molecule has 0 radical (unpaired) electrons. The summed E-state index contributed by atoms with van der Waals surface area (Å²) < 4.78 is 15.8. The Labute approximate surface area is 151 Å². The highest BCUT2D eigenvalue weighted by Gasteiger charge is 2.22. The maximum atomic E-state index is 13.2. The molecule has 3 rings (SSSR count). The molecule has 0 spiro atoms. The van der Waals surface area contributed by atoms with E-state index in [9.17, 15) is 9.18 Å². The predicted molar refractivity (Wildman–Crippen MR) is 92.0 cm³/mol. The van der Waals surface area contributed by atoms with Crippen LogP contribution in [0.5, 0.6) is 0 Å². The van der Waals surface area contributed by atoms with Crippen LogP contribution in [0.1, 0.15) is 37.3 Å². The molecule has 1 fully saturated rings. The number of aromatic nitrogens is 4. The van der Waals surface area contributed by atoms with Gasteiger partial charge in [0.2, 0.25) is 11.1 Å². The van der Waals surface area contributed by atoms with Crippen molar-refractivity contribution in [3.8, 4) is 0 Å². The molecule has 0 unspecified atom stereocenters. The number of thioether (sulfide) groups is 1. The van der Waals surface area contributed by atoms with Gasteiger partial charge in [0.15, 0.2) is 0 Å². The Morgan fingerprint density at radius 3 is 3.00 bits per heavy atom. The fourth-order valence-corrected chi connectivity index (χ4v) is 3.87. The Morgan fingerprint density at radius 2 is 2.21 bits per heavy atom. The largest absolute Gasteiger partial charge is 0.351 e. The van der Waals surface area contributed by atoms with Crippen LogP contribution in [-0.4, -0.2) is 31.9 Å². The van der Waals surface area contributed by atoms with E-state index in [-0.39, 0.29) is 24.0 Å². The highest BCUT2D eigenvalue weighted by molar-refractivity contribution is 9.10. The summed E-state index contributed by atoms with van der Waals surface area (Å²) in [6, 6.07) is 4.74. The molecular formula is C15H17BrFN5OS. The second-order valence-corrected chi connectivity index (χ2v) is 7.44. The topological polar surface area (TPSA) is 72.7 Å². The summed E-state index contributed by atoms with van der Waals surface area (Å²) in [5.41, 5.74) is 0.698. The summed E-state index contributed by atoms with van der Waals surface area (Å²) >= 11 is 4.67. The van der Waals surface area contributed by atoms with Crippen LogP contribution in [0.25, 0.3) is 0 Å². The van der Waals surface area contributed by atoms with Crippen molar-refractivity contribution in [3.05, 3.63) is 34.1 Å². The Kier molecular flexibility index (Phi) is 5.83. The number of hydrogen-bond donors (Lipinski definition) is 1. The van der Waals surface area contributed by atoms with Gasteiger partial charge < -0.3 is 5.32 Å². The lowest BCUT2D eigenvalue weighted by Crippen LogP contribution is -2.25. The Bertz CT molecular complexity index is 720.